The number of aliphatic hydroxyl groups excluding tert-OH is 1. The molecule has 4 nitrogen and oxygen atoms in total. The molecule has 23 heavy (non-hydrogen) atoms. The van der Waals surface area contributed by atoms with Crippen LogP contribution in [0.3, 0.4) is 0 Å². The van der Waals surface area contributed by atoms with E-state index in [1.165, 1.54) is 0 Å². The van der Waals surface area contributed by atoms with Crippen LogP contribution in [0.5, 0.6) is 5.75 Å². The second-order valence-electron chi connectivity index (χ2n) is 5.10. The summed E-state index contributed by atoms with van der Waals surface area (Å²) in [6.45, 7) is 2.10. The van der Waals surface area contributed by atoms with Crippen LogP contribution in [0.25, 0.3) is 11.5 Å². The van der Waals surface area contributed by atoms with Crippen LogP contribution in [0.4, 0.5) is 0 Å². The van der Waals surface area contributed by atoms with E-state index >= 15 is 0 Å². The summed E-state index contributed by atoms with van der Waals surface area (Å²) in [4.78, 5) is 4.48. The van der Waals surface area contributed by atoms with Crippen molar-refractivity contribution in [3.63, 3.8) is 0 Å². The number of hydrogen-bond acceptors (Lipinski definition) is 4. The van der Waals surface area contributed by atoms with Gasteiger partial charge in [-0.25, -0.2) is 4.98 Å². The molecule has 5 heteroatoms. The molecule has 118 valence electrons. The number of para-hydroxylation sites is 1. The molecule has 0 aliphatic rings. The lowest BCUT2D eigenvalue weighted by Crippen LogP contribution is -1.98. The predicted molar refractivity (Wildman–Crippen MR) is 88.4 cm³/mol. The van der Waals surface area contributed by atoms with Crippen LogP contribution in [0.1, 0.15) is 17.0 Å². The molecule has 0 saturated carbocycles. The Bertz CT molecular complexity index is 814. The largest absolute Gasteiger partial charge is 0.486 e. The van der Waals surface area contributed by atoms with Gasteiger partial charge >= 0.3 is 0 Å². The number of benzene rings is 2. The molecule has 1 heterocycles. The standard InChI is InChI=1S/C18H16ClNO3/c1-12-16(11-22-17-8-3-2-7-15(17)19)20-18(23-12)14-6-4-5-13(9-14)10-21/h2-9,21H,10-11H2,1H3. The third-order valence-corrected chi connectivity index (χ3v) is 3.76. The molecule has 0 radical (unpaired) electrons. The van der Waals surface area contributed by atoms with Crippen molar-refractivity contribution >= 4 is 11.6 Å². The van der Waals surface area contributed by atoms with Gasteiger partial charge in [-0.2, -0.15) is 0 Å². The van der Waals surface area contributed by atoms with Crippen molar-refractivity contribution in [3.8, 4) is 17.2 Å². The van der Waals surface area contributed by atoms with E-state index in [0.717, 1.165) is 11.1 Å². The Hall–Kier alpha value is -2.30. The summed E-state index contributed by atoms with van der Waals surface area (Å²) in [7, 11) is 0. The van der Waals surface area contributed by atoms with E-state index in [0.29, 0.717) is 28.1 Å². The molecule has 3 rings (SSSR count). The number of ether oxygens (including phenoxy) is 1. The lowest BCUT2D eigenvalue weighted by molar-refractivity contribution is 0.282. The molecule has 0 fully saturated rings. The molecule has 0 atom stereocenters. The Morgan fingerprint density at radius 2 is 2.00 bits per heavy atom. The summed E-state index contributed by atoms with van der Waals surface area (Å²) >= 11 is 6.07. The van der Waals surface area contributed by atoms with Gasteiger partial charge in [-0.1, -0.05) is 35.9 Å². The molecular formula is C18H16ClNO3. The molecule has 2 aromatic carbocycles. The van der Waals surface area contributed by atoms with Crippen molar-refractivity contribution in [2.24, 2.45) is 0 Å². The molecule has 0 unspecified atom stereocenters. The van der Waals surface area contributed by atoms with E-state index in [-0.39, 0.29) is 13.2 Å². The second kappa shape index (κ2) is 6.86. The number of oxazole rings is 1. The lowest BCUT2D eigenvalue weighted by atomic mass is 10.1. The molecule has 0 amide bonds. The molecular weight excluding hydrogens is 314 g/mol. The van der Waals surface area contributed by atoms with Gasteiger partial charge in [0.1, 0.15) is 23.8 Å². The highest BCUT2D eigenvalue weighted by Gasteiger charge is 2.13. The van der Waals surface area contributed by atoms with Crippen molar-refractivity contribution in [3.05, 3.63) is 70.6 Å². The third kappa shape index (κ3) is 3.55. The molecule has 0 aliphatic carbocycles. The van der Waals surface area contributed by atoms with Crippen LogP contribution < -0.4 is 4.74 Å². The summed E-state index contributed by atoms with van der Waals surface area (Å²) in [5.41, 5.74) is 2.35. The van der Waals surface area contributed by atoms with E-state index in [4.69, 9.17) is 20.8 Å². The number of aliphatic hydroxyl groups is 1. The number of rotatable bonds is 5. The first-order chi connectivity index (χ1) is 11.2. The summed E-state index contributed by atoms with van der Waals surface area (Å²) in [5.74, 6) is 1.82. The van der Waals surface area contributed by atoms with Gasteiger partial charge in [-0.3, -0.25) is 0 Å². The molecule has 0 saturated heterocycles. The smallest absolute Gasteiger partial charge is 0.226 e. The Morgan fingerprint density at radius 3 is 2.78 bits per heavy atom. The number of aromatic nitrogens is 1. The number of aryl methyl sites for hydroxylation is 1. The van der Waals surface area contributed by atoms with Crippen LogP contribution in [0.15, 0.2) is 52.9 Å². The van der Waals surface area contributed by atoms with Gasteiger partial charge in [0.2, 0.25) is 5.89 Å². The molecule has 0 spiro atoms. The fraction of sp³-hybridized carbons (Fsp3) is 0.167. The Morgan fingerprint density at radius 1 is 1.17 bits per heavy atom. The van der Waals surface area contributed by atoms with Crippen LogP contribution >= 0.6 is 11.6 Å². The van der Waals surface area contributed by atoms with Crippen molar-refractivity contribution in [1.82, 2.24) is 4.98 Å². The maximum Gasteiger partial charge on any atom is 0.226 e. The van der Waals surface area contributed by atoms with Crippen molar-refractivity contribution in [1.29, 1.82) is 0 Å². The van der Waals surface area contributed by atoms with E-state index in [1.54, 1.807) is 6.07 Å². The number of nitrogens with zero attached hydrogens (tertiary/aromatic N) is 1. The van der Waals surface area contributed by atoms with E-state index in [9.17, 15) is 5.11 Å². The zero-order valence-electron chi connectivity index (χ0n) is 12.6. The average molecular weight is 330 g/mol. The molecule has 1 aromatic heterocycles. The number of halogens is 1. The Kier molecular flexibility index (Phi) is 4.65. The van der Waals surface area contributed by atoms with Crippen LogP contribution in [-0.4, -0.2) is 10.1 Å². The third-order valence-electron chi connectivity index (χ3n) is 3.45. The average Bonchev–Trinajstić information content (AvgIpc) is 2.95. The van der Waals surface area contributed by atoms with E-state index < -0.39 is 0 Å². The van der Waals surface area contributed by atoms with Crippen LogP contribution in [0, 0.1) is 6.92 Å². The van der Waals surface area contributed by atoms with Gasteiger partial charge in [-0.05, 0) is 36.8 Å². The zero-order chi connectivity index (χ0) is 16.2. The predicted octanol–water partition coefficient (Wildman–Crippen LogP) is 4.37. The highest BCUT2D eigenvalue weighted by atomic mass is 35.5. The first kappa shape index (κ1) is 15.6. The van der Waals surface area contributed by atoms with Gasteiger partial charge in [0.25, 0.3) is 0 Å². The van der Waals surface area contributed by atoms with Crippen LogP contribution in [-0.2, 0) is 13.2 Å². The topological polar surface area (TPSA) is 55.5 Å². The second-order valence-corrected chi connectivity index (χ2v) is 5.51. The van der Waals surface area contributed by atoms with Gasteiger partial charge < -0.3 is 14.3 Å². The van der Waals surface area contributed by atoms with Gasteiger partial charge in [0.15, 0.2) is 0 Å². The molecule has 0 bridgehead atoms. The molecule has 0 aliphatic heterocycles. The highest BCUT2D eigenvalue weighted by molar-refractivity contribution is 6.32. The maximum absolute atomic E-state index is 9.22. The number of hydrogen-bond donors (Lipinski definition) is 1. The van der Waals surface area contributed by atoms with E-state index in [1.807, 2.05) is 49.4 Å². The first-order valence-electron chi connectivity index (χ1n) is 7.21. The Balaban J connectivity index is 1.79. The van der Waals surface area contributed by atoms with Crippen molar-refractivity contribution < 1.29 is 14.3 Å². The maximum atomic E-state index is 9.22. The zero-order valence-corrected chi connectivity index (χ0v) is 13.4. The van der Waals surface area contributed by atoms with Gasteiger partial charge in [-0.15, -0.1) is 0 Å². The first-order valence-corrected chi connectivity index (χ1v) is 7.59. The van der Waals surface area contributed by atoms with Crippen molar-refractivity contribution in [2.45, 2.75) is 20.1 Å². The molecule has 3 aromatic rings. The minimum Gasteiger partial charge on any atom is -0.486 e. The van der Waals surface area contributed by atoms with Gasteiger partial charge in [0, 0.05) is 5.56 Å². The fourth-order valence-electron chi connectivity index (χ4n) is 2.20. The summed E-state index contributed by atoms with van der Waals surface area (Å²) in [6.07, 6.45) is 0. The minimum atomic E-state index is -0.0179. The highest BCUT2D eigenvalue weighted by Crippen LogP contribution is 2.26. The van der Waals surface area contributed by atoms with Crippen LogP contribution in [0.2, 0.25) is 5.02 Å². The van der Waals surface area contributed by atoms with Crippen molar-refractivity contribution in [2.75, 3.05) is 0 Å². The monoisotopic (exact) mass is 329 g/mol. The molecule has 1 N–H and O–H groups in total. The van der Waals surface area contributed by atoms with Gasteiger partial charge in [0.05, 0.1) is 11.6 Å². The van der Waals surface area contributed by atoms with E-state index in [2.05, 4.69) is 4.98 Å². The normalized spacial score (nSPS) is 10.7. The minimum absolute atomic E-state index is 0.0179. The Labute approximate surface area is 139 Å². The summed E-state index contributed by atoms with van der Waals surface area (Å²) in [5, 5.41) is 9.78. The summed E-state index contributed by atoms with van der Waals surface area (Å²) in [6, 6.07) is 14.8. The summed E-state index contributed by atoms with van der Waals surface area (Å²) < 4.78 is 11.4. The fourth-order valence-corrected chi connectivity index (χ4v) is 2.39. The quantitative estimate of drug-likeness (QED) is 0.755. The lowest BCUT2D eigenvalue weighted by Gasteiger charge is -2.05. The SMILES string of the molecule is Cc1oc(-c2cccc(CO)c2)nc1COc1ccccc1Cl.